The van der Waals surface area contributed by atoms with Crippen molar-refractivity contribution in [2.24, 2.45) is 17.6 Å². The fourth-order valence-electron chi connectivity index (χ4n) is 5.87. The highest BCUT2D eigenvalue weighted by Crippen LogP contribution is 2.39. The second kappa shape index (κ2) is 9.74. The number of hydrogen-bond donors (Lipinski definition) is 3. The summed E-state index contributed by atoms with van der Waals surface area (Å²) in [7, 11) is 0. The molecule has 8 nitrogen and oxygen atoms in total. The van der Waals surface area contributed by atoms with E-state index in [9.17, 15) is 14.4 Å². The van der Waals surface area contributed by atoms with Gasteiger partial charge in [0.1, 0.15) is 5.82 Å². The molecular weight excluding hydrogens is 534 g/mol. The molecular formula is C28H32BrN5O3. The number of carbonyl (C=O) groups excluding carboxylic acids is 3. The predicted molar refractivity (Wildman–Crippen MR) is 145 cm³/mol. The van der Waals surface area contributed by atoms with Crippen molar-refractivity contribution in [3.63, 3.8) is 0 Å². The Balaban J connectivity index is 1.13. The number of rotatable bonds is 9. The lowest BCUT2D eigenvalue weighted by Crippen LogP contribution is -2.50. The molecule has 4 N–H and O–H groups in total. The molecule has 2 amide bonds. The highest BCUT2D eigenvalue weighted by Gasteiger charge is 2.42. The maximum Gasteiger partial charge on any atom is 0.252 e. The average molecular weight is 567 g/mol. The number of carbonyl (C=O) groups is 3. The molecule has 2 unspecified atom stereocenters. The van der Waals surface area contributed by atoms with E-state index in [0.717, 1.165) is 50.9 Å². The fourth-order valence-corrected chi connectivity index (χ4v) is 6.39. The zero-order chi connectivity index (χ0) is 25.7. The molecule has 4 fully saturated rings. The van der Waals surface area contributed by atoms with Gasteiger partial charge in [-0.05, 0) is 97.5 Å². The zero-order valence-corrected chi connectivity index (χ0v) is 22.3. The number of ketones is 1. The van der Waals surface area contributed by atoms with Crippen LogP contribution in [0.15, 0.2) is 34.9 Å². The number of fused-ring (bicyclic) bond motifs is 2. The van der Waals surface area contributed by atoms with Gasteiger partial charge in [0.25, 0.3) is 11.8 Å². The molecule has 37 heavy (non-hydrogen) atoms. The number of pyridine rings is 1. The fraction of sp³-hybridized carbons (Fsp3) is 0.500. The highest BCUT2D eigenvalue weighted by atomic mass is 79.9. The van der Waals surface area contributed by atoms with Gasteiger partial charge in [-0.25, -0.2) is 4.98 Å². The molecule has 4 aliphatic rings. The van der Waals surface area contributed by atoms with Crippen molar-refractivity contribution in [1.29, 1.82) is 0 Å². The largest absolute Gasteiger partial charge is 0.384 e. The van der Waals surface area contributed by atoms with Crippen LogP contribution in [0.4, 0.5) is 11.5 Å². The average Bonchev–Trinajstić information content (AvgIpc) is 3.80. The quantitative estimate of drug-likeness (QED) is 0.390. The van der Waals surface area contributed by atoms with Gasteiger partial charge in [0, 0.05) is 52.5 Å². The summed E-state index contributed by atoms with van der Waals surface area (Å²) < 4.78 is 0.557. The van der Waals surface area contributed by atoms with Gasteiger partial charge < -0.3 is 21.3 Å². The van der Waals surface area contributed by atoms with Crippen molar-refractivity contribution in [2.75, 3.05) is 16.8 Å². The van der Waals surface area contributed by atoms with Crippen LogP contribution in [-0.2, 0) is 0 Å². The Kier molecular flexibility index (Phi) is 6.42. The van der Waals surface area contributed by atoms with Gasteiger partial charge in [0.15, 0.2) is 5.78 Å². The van der Waals surface area contributed by atoms with Crippen LogP contribution in [0, 0.1) is 11.8 Å². The summed E-state index contributed by atoms with van der Waals surface area (Å²) in [4.78, 5) is 44.7. The third-order valence-electron chi connectivity index (χ3n) is 8.21. The van der Waals surface area contributed by atoms with Crippen LogP contribution < -0.4 is 21.3 Å². The molecule has 2 bridgehead atoms. The molecule has 2 saturated carbocycles. The van der Waals surface area contributed by atoms with Crippen LogP contribution >= 0.6 is 15.9 Å². The summed E-state index contributed by atoms with van der Waals surface area (Å²) in [5.41, 5.74) is 7.79. The number of aromatic nitrogens is 1. The van der Waals surface area contributed by atoms with Crippen molar-refractivity contribution in [3.05, 3.63) is 51.6 Å². The van der Waals surface area contributed by atoms with Gasteiger partial charge in [0.2, 0.25) is 0 Å². The van der Waals surface area contributed by atoms with Crippen LogP contribution in [0.2, 0.25) is 0 Å². The van der Waals surface area contributed by atoms with Crippen molar-refractivity contribution < 1.29 is 14.4 Å². The monoisotopic (exact) mass is 565 g/mol. The van der Waals surface area contributed by atoms with Crippen molar-refractivity contribution in [2.45, 2.75) is 69.5 Å². The number of primary amides is 1. The van der Waals surface area contributed by atoms with E-state index in [2.05, 4.69) is 36.4 Å². The Morgan fingerprint density at radius 1 is 1.00 bits per heavy atom. The first-order valence-corrected chi connectivity index (χ1v) is 14.1. The molecule has 1 aromatic carbocycles. The van der Waals surface area contributed by atoms with Gasteiger partial charge >= 0.3 is 0 Å². The Hall–Kier alpha value is -2.94. The number of anilines is 2. The van der Waals surface area contributed by atoms with Crippen molar-refractivity contribution >= 4 is 45.0 Å². The predicted octanol–water partition coefficient (Wildman–Crippen LogP) is 4.29. The van der Waals surface area contributed by atoms with E-state index in [-0.39, 0.29) is 23.7 Å². The lowest BCUT2D eigenvalue weighted by Gasteiger charge is -2.40. The molecule has 2 aliphatic carbocycles. The summed E-state index contributed by atoms with van der Waals surface area (Å²) in [6, 6.07) is 7.94. The third kappa shape index (κ3) is 5.10. The lowest BCUT2D eigenvalue weighted by molar-refractivity contribution is 0.0923. The minimum absolute atomic E-state index is 0.0579. The minimum atomic E-state index is -0.520. The number of amides is 2. The number of nitrogens with two attached hydrogens (primary N) is 1. The van der Waals surface area contributed by atoms with Gasteiger partial charge in [0.05, 0.1) is 11.1 Å². The maximum atomic E-state index is 13.3. The molecule has 1 aromatic heterocycles. The first-order chi connectivity index (χ1) is 17.9. The first kappa shape index (κ1) is 24.4. The molecule has 2 aliphatic heterocycles. The lowest BCUT2D eigenvalue weighted by atomic mass is 9.96. The molecule has 0 radical (unpaired) electrons. The number of Topliss-reactive ketones (excluding diaryl/α,β-unsaturated/α-hetero) is 1. The minimum Gasteiger partial charge on any atom is -0.384 e. The number of nitrogens with one attached hydrogen (secondary N) is 2. The van der Waals surface area contributed by atoms with Gasteiger partial charge in [-0.1, -0.05) is 0 Å². The van der Waals surface area contributed by atoms with E-state index < -0.39 is 5.91 Å². The summed E-state index contributed by atoms with van der Waals surface area (Å²) >= 11 is 3.48. The maximum absolute atomic E-state index is 13.3. The van der Waals surface area contributed by atoms with Gasteiger partial charge in [-0.15, -0.1) is 0 Å². The van der Waals surface area contributed by atoms with E-state index in [4.69, 9.17) is 5.73 Å². The normalized spacial score (nSPS) is 24.6. The number of nitrogens with zero attached hydrogens (tertiary/aromatic N) is 2. The Morgan fingerprint density at radius 2 is 1.73 bits per heavy atom. The summed E-state index contributed by atoms with van der Waals surface area (Å²) in [5.74, 6) is 1.27. The van der Waals surface area contributed by atoms with E-state index in [1.807, 2.05) is 12.1 Å². The molecule has 9 heteroatoms. The Bertz CT molecular complexity index is 1230. The first-order valence-electron chi connectivity index (χ1n) is 13.3. The van der Waals surface area contributed by atoms with E-state index >= 15 is 0 Å². The van der Waals surface area contributed by atoms with Crippen LogP contribution in [0.3, 0.4) is 0 Å². The Morgan fingerprint density at radius 3 is 2.32 bits per heavy atom. The number of benzene rings is 1. The number of hydrogen-bond acceptors (Lipinski definition) is 6. The van der Waals surface area contributed by atoms with Gasteiger partial charge in [-0.3, -0.25) is 14.4 Å². The second-order valence-corrected chi connectivity index (χ2v) is 11.9. The number of piperidine rings is 1. The third-order valence-corrected chi connectivity index (χ3v) is 8.86. The summed E-state index contributed by atoms with van der Waals surface area (Å²) in [6.45, 7) is 0.772. The molecule has 0 spiro atoms. The van der Waals surface area contributed by atoms with E-state index in [0.29, 0.717) is 44.9 Å². The summed E-state index contributed by atoms with van der Waals surface area (Å²) in [5, 5.41) is 6.56. The topological polar surface area (TPSA) is 117 Å². The molecule has 2 atom stereocenters. The van der Waals surface area contributed by atoms with Crippen LogP contribution in [0.5, 0.6) is 0 Å². The summed E-state index contributed by atoms with van der Waals surface area (Å²) in [6.07, 6.45) is 9.89. The van der Waals surface area contributed by atoms with E-state index in [1.54, 1.807) is 18.3 Å². The van der Waals surface area contributed by atoms with Crippen molar-refractivity contribution in [3.8, 4) is 0 Å². The Labute approximate surface area is 224 Å². The molecule has 194 valence electrons. The zero-order valence-electron chi connectivity index (χ0n) is 20.7. The second-order valence-electron chi connectivity index (χ2n) is 11.0. The van der Waals surface area contributed by atoms with Gasteiger partial charge in [-0.2, -0.15) is 0 Å². The molecule has 2 saturated heterocycles. The number of halogens is 1. The van der Waals surface area contributed by atoms with Crippen LogP contribution in [0.25, 0.3) is 0 Å². The standard InChI is InChI=1S/C28H32BrN5O3/c29-23-11-22(27(30)36)24(31-13-15-1-2-15)12-21(23)28(37)33-18-9-19-6-7-20(10-18)34(19)25-8-5-17(14-32-25)26(35)16-3-4-16/h5,8,11-12,14-16,18-20,31H,1-4,6-7,9-10,13H2,(H2,30,36)(H,33,37). The van der Waals surface area contributed by atoms with Crippen LogP contribution in [-0.4, -0.2) is 47.3 Å². The van der Waals surface area contributed by atoms with Crippen LogP contribution in [0.1, 0.15) is 82.4 Å². The smallest absolute Gasteiger partial charge is 0.252 e. The molecule has 6 rings (SSSR count). The van der Waals surface area contributed by atoms with E-state index in [1.165, 1.54) is 12.8 Å². The van der Waals surface area contributed by atoms with Crippen molar-refractivity contribution in [1.82, 2.24) is 10.3 Å². The SMILES string of the molecule is NC(=O)c1cc(Br)c(C(=O)NC2CC3CCC(C2)N3c2ccc(C(=O)C3CC3)cn2)cc1NCC1CC1. The molecule has 3 heterocycles. The molecule has 2 aromatic rings. The highest BCUT2D eigenvalue weighted by molar-refractivity contribution is 9.10.